The molecule has 0 saturated carbocycles. The number of benzene rings is 3. The molecule has 0 atom stereocenters. The Kier molecular flexibility index (Phi) is 14.1. The molecule has 3 N–H and O–H groups in total. The average molecular weight is 721 g/mol. The van der Waals surface area contributed by atoms with E-state index >= 15 is 0 Å². The quantitative estimate of drug-likeness (QED) is 0.179. The van der Waals surface area contributed by atoms with Gasteiger partial charge in [-0.15, -0.1) is 21.5 Å². The smallest absolute Gasteiger partial charge is 0.620 e. The Morgan fingerprint density at radius 3 is 2.48 bits per heavy atom. The molecular weight excluding hydrogens is 687 g/mol. The Balaban J connectivity index is 0.00000312. The number of H-pyrrole nitrogens is 1. The van der Waals surface area contributed by atoms with Crippen molar-refractivity contribution in [1.82, 2.24) is 25.6 Å². The van der Waals surface area contributed by atoms with E-state index in [1.807, 2.05) is 11.4 Å². The largest absolute Gasteiger partial charge is 1.00 e. The van der Waals surface area contributed by atoms with Gasteiger partial charge in [0.25, 0.3) is 0 Å². The minimum Gasteiger partial charge on any atom is -0.620 e. The number of hydrogen-bond acceptors (Lipinski definition) is 10. The number of hydrogen-bond donors (Lipinski definition) is 1. The number of aryl methyl sites for hydroxylation is 1. The molecule has 0 fully saturated rings. The van der Waals surface area contributed by atoms with Gasteiger partial charge in [0, 0.05) is 21.4 Å². The van der Waals surface area contributed by atoms with E-state index in [0.717, 1.165) is 16.3 Å². The molecular formula is C32H34ClN6NaO6S2. The van der Waals surface area contributed by atoms with Crippen LogP contribution in [-0.4, -0.2) is 51.2 Å². The molecule has 5 rings (SSSR count). The van der Waals surface area contributed by atoms with Gasteiger partial charge >= 0.3 is 29.6 Å². The molecule has 16 heteroatoms. The van der Waals surface area contributed by atoms with Crippen molar-refractivity contribution in [2.24, 2.45) is 0 Å². The van der Waals surface area contributed by atoms with Crippen molar-refractivity contribution in [3.8, 4) is 11.5 Å². The predicted molar refractivity (Wildman–Crippen MR) is 179 cm³/mol. The number of thiazole rings is 1. The monoisotopic (exact) mass is 720 g/mol. The number of rotatable bonds is 13. The number of nitrogens with one attached hydrogen (secondary N) is 1. The number of carbonyl (C=O) groups is 1. The SMILES string of the molecule is CC(C)(C)c1csc(COc2cccc(C(=O)[N-]c3cc(CCCS(=O)(=O)c4ccc(Cl)cc4)ccc3OCc3nn[nH]n3)c2)n1.O.[Na+]. The topological polar surface area (TPSA) is 183 Å². The van der Waals surface area contributed by atoms with E-state index in [9.17, 15) is 13.2 Å². The summed E-state index contributed by atoms with van der Waals surface area (Å²) >= 11 is 7.43. The van der Waals surface area contributed by atoms with E-state index in [1.54, 1.807) is 48.5 Å². The summed E-state index contributed by atoms with van der Waals surface area (Å²) in [7, 11) is -3.49. The fraction of sp³-hybridized carbons (Fsp3) is 0.281. The number of nitrogens with zero attached hydrogens (tertiary/aromatic N) is 5. The number of sulfone groups is 1. The van der Waals surface area contributed by atoms with Crippen LogP contribution in [0.1, 0.15) is 59.6 Å². The number of aromatic nitrogens is 5. The van der Waals surface area contributed by atoms with Crippen molar-refractivity contribution in [1.29, 1.82) is 0 Å². The van der Waals surface area contributed by atoms with Gasteiger partial charge in [-0.05, 0) is 60.9 Å². The van der Waals surface area contributed by atoms with E-state index in [0.29, 0.717) is 40.8 Å². The number of carbonyl (C=O) groups excluding carboxylic acids is 1. The summed E-state index contributed by atoms with van der Waals surface area (Å²) in [6, 6.07) is 18.1. The van der Waals surface area contributed by atoms with Crippen LogP contribution in [0.15, 0.2) is 77.0 Å². The molecule has 5 aromatic rings. The van der Waals surface area contributed by atoms with Gasteiger partial charge in [0.2, 0.25) is 5.82 Å². The molecule has 0 aliphatic rings. The van der Waals surface area contributed by atoms with Gasteiger partial charge in [0.15, 0.2) is 16.4 Å². The maximum Gasteiger partial charge on any atom is 1.00 e. The van der Waals surface area contributed by atoms with Crippen LogP contribution >= 0.6 is 22.9 Å². The Bertz CT molecular complexity index is 1900. The zero-order valence-corrected chi connectivity index (χ0v) is 31.3. The molecule has 1 amide bonds. The molecule has 248 valence electrons. The summed E-state index contributed by atoms with van der Waals surface area (Å²) in [5, 5.41) is 21.4. The predicted octanol–water partition coefficient (Wildman–Crippen LogP) is 3.20. The fourth-order valence-corrected chi connectivity index (χ4v) is 6.67. The third-order valence-corrected chi connectivity index (χ3v) is 9.70. The summed E-state index contributed by atoms with van der Waals surface area (Å²) < 4.78 is 37.4. The number of tetrazole rings is 1. The summed E-state index contributed by atoms with van der Waals surface area (Å²) in [4.78, 5) is 18.2. The first kappa shape index (κ1) is 39.1. The standard InChI is InChI=1S/C32H33ClN6O5S2.Na.H2O/c1-32(2,3)28-20-45-30(35-28)19-43-24-8-4-7-22(17-24)31(40)34-26-16-21(9-14-27(26)44-18-29-36-38-39-37-29)6-5-15-46(41,42)25-12-10-23(33)11-13-25;;/h4,7-14,16-17,20H,5-6,15,18-19H2,1-3H3,(H2,34,36,37,38,39,40);;1H2/q;+1;/p-1. The van der Waals surface area contributed by atoms with Crippen molar-refractivity contribution in [2.75, 3.05) is 5.75 Å². The van der Waals surface area contributed by atoms with E-state index in [1.165, 1.54) is 23.5 Å². The van der Waals surface area contributed by atoms with Crippen molar-refractivity contribution < 1.29 is 57.7 Å². The number of ether oxygens (including phenoxy) is 2. The second-order valence-corrected chi connectivity index (χ2v) is 14.9. The Morgan fingerprint density at radius 2 is 1.79 bits per heavy atom. The van der Waals surface area contributed by atoms with Gasteiger partial charge in [-0.3, -0.25) is 0 Å². The second kappa shape index (κ2) is 17.3. The molecule has 12 nitrogen and oxygen atoms in total. The Labute approximate surface area is 310 Å². The normalized spacial score (nSPS) is 11.2. The van der Waals surface area contributed by atoms with Gasteiger partial charge in [-0.1, -0.05) is 67.5 Å². The van der Waals surface area contributed by atoms with Crippen LogP contribution in [0.3, 0.4) is 0 Å². The first-order valence-electron chi connectivity index (χ1n) is 14.4. The zero-order chi connectivity index (χ0) is 32.7. The summed E-state index contributed by atoms with van der Waals surface area (Å²) in [5.41, 5.74) is 2.36. The van der Waals surface area contributed by atoms with Crippen LogP contribution in [0.5, 0.6) is 11.5 Å². The minimum atomic E-state index is -3.49. The third-order valence-electron chi connectivity index (χ3n) is 6.81. The Hall–Kier alpha value is -3.37. The molecule has 2 aromatic heterocycles. The van der Waals surface area contributed by atoms with Crippen LogP contribution in [0, 0.1) is 0 Å². The summed E-state index contributed by atoms with van der Waals surface area (Å²) in [5.74, 6) is 0.621. The van der Waals surface area contributed by atoms with Crippen molar-refractivity contribution in [3.63, 3.8) is 0 Å². The average Bonchev–Trinajstić information content (AvgIpc) is 3.73. The zero-order valence-electron chi connectivity index (χ0n) is 26.9. The second-order valence-electron chi connectivity index (χ2n) is 11.4. The maximum atomic E-state index is 13.4. The van der Waals surface area contributed by atoms with Crippen LogP contribution in [0.25, 0.3) is 5.32 Å². The summed E-state index contributed by atoms with van der Waals surface area (Å²) in [6.07, 6.45) is 0.794. The van der Waals surface area contributed by atoms with E-state index in [4.69, 9.17) is 21.1 Å². The molecule has 0 bridgehead atoms. The van der Waals surface area contributed by atoms with Crippen molar-refractivity contribution in [3.05, 3.63) is 110 Å². The molecule has 0 unspecified atom stereocenters. The molecule has 0 aliphatic heterocycles. The molecule has 2 heterocycles. The number of halogens is 1. The van der Waals surface area contributed by atoms with Crippen molar-refractivity contribution >= 4 is 44.4 Å². The van der Waals surface area contributed by atoms with Crippen LogP contribution in [0.4, 0.5) is 5.69 Å². The summed E-state index contributed by atoms with van der Waals surface area (Å²) in [6.45, 7) is 6.60. The number of amides is 1. The molecule has 0 spiro atoms. The minimum absolute atomic E-state index is 0. The Morgan fingerprint density at radius 1 is 1.02 bits per heavy atom. The van der Waals surface area contributed by atoms with E-state index in [2.05, 4.69) is 51.7 Å². The molecule has 48 heavy (non-hydrogen) atoms. The molecule has 0 saturated heterocycles. The van der Waals surface area contributed by atoms with E-state index < -0.39 is 15.7 Å². The van der Waals surface area contributed by atoms with Gasteiger partial charge in [-0.25, -0.2) is 13.4 Å². The fourth-order valence-electron chi connectivity index (χ4n) is 4.30. The molecule has 3 aromatic carbocycles. The van der Waals surface area contributed by atoms with Gasteiger partial charge in [0.1, 0.15) is 23.1 Å². The third kappa shape index (κ3) is 10.8. The number of aromatic amines is 1. The van der Waals surface area contributed by atoms with Crippen molar-refractivity contribution in [2.45, 2.75) is 57.1 Å². The maximum absolute atomic E-state index is 13.4. The van der Waals surface area contributed by atoms with Crippen LogP contribution in [0.2, 0.25) is 5.02 Å². The van der Waals surface area contributed by atoms with E-state index in [-0.39, 0.29) is 70.0 Å². The molecule has 0 aliphatic carbocycles. The van der Waals surface area contributed by atoms with Gasteiger partial charge in [-0.2, -0.15) is 5.21 Å². The van der Waals surface area contributed by atoms with Crippen LogP contribution < -0.4 is 39.0 Å². The van der Waals surface area contributed by atoms with Gasteiger partial charge < -0.3 is 25.1 Å². The molecule has 0 radical (unpaired) electrons. The van der Waals surface area contributed by atoms with Crippen LogP contribution in [-0.2, 0) is 34.9 Å². The first-order chi connectivity index (χ1) is 22.0. The van der Waals surface area contributed by atoms with Gasteiger partial charge in [0.05, 0.1) is 22.2 Å². The first-order valence-corrected chi connectivity index (χ1v) is 17.3.